The summed E-state index contributed by atoms with van der Waals surface area (Å²) in [7, 11) is 0. The summed E-state index contributed by atoms with van der Waals surface area (Å²) in [5, 5.41) is 3.43. The second-order valence-electron chi connectivity index (χ2n) is 2.98. The number of benzene rings is 1. The summed E-state index contributed by atoms with van der Waals surface area (Å²) in [4.78, 5) is 10.7. The van der Waals surface area contributed by atoms with Gasteiger partial charge in [0.05, 0.1) is 0 Å². The highest BCUT2D eigenvalue weighted by Crippen LogP contribution is 2.14. The molecule has 13 heavy (non-hydrogen) atoms. The van der Waals surface area contributed by atoms with Gasteiger partial charge >= 0.3 is 0 Å². The summed E-state index contributed by atoms with van der Waals surface area (Å²) < 4.78 is 0. The molecule has 1 rings (SSSR count). The van der Waals surface area contributed by atoms with Crippen molar-refractivity contribution in [1.29, 1.82) is 0 Å². The van der Waals surface area contributed by atoms with Crippen molar-refractivity contribution in [2.45, 2.75) is 20.4 Å². The standard InChI is InChI=1S/C10H12ClNO/c1-7-3-4-10(11)5-9(7)6-12-8(2)13/h3-5H,6H2,1-2H3,(H,12,13). The van der Waals surface area contributed by atoms with Crippen molar-refractivity contribution in [3.8, 4) is 0 Å². The molecule has 0 unspecified atom stereocenters. The molecular formula is C10H12ClNO. The van der Waals surface area contributed by atoms with E-state index in [4.69, 9.17) is 11.6 Å². The molecule has 0 radical (unpaired) electrons. The molecule has 0 aliphatic rings. The number of nitrogens with one attached hydrogen (secondary N) is 1. The summed E-state index contributed by atoms with van der Waals surface area (Å²) in [5.74, 6) is -0.0284. The SMILES string of the molecule is CC(=O)NCc1cc(Cl)ccc1C. The number of amides is 1. The van der Waals surface area contributed by atoms with Crippen LogP contribution in [-0.2, 0) is 11.3 Å². The molecule has 0 bridgehead atoms. The molecule has 0 atom stereocenters. The Morgan fingerprint density at radius 3 is 2.85 bits per heavy atom. The average Bonchev–Trinajstić information content (AvgIpc) is 2.06. The van der Waals surface area contributed by atoms with Gasteiger partial charge in [-0.3, -0.25) is 4.79 Å². The van der Waals surface area contributed by atoms with E-state index in [0.717, 1.165) is 11.1 Å². The zero-order valence-electron chi connectivity index (χ0n) is 7.73. The molecule has 0 aromatic heterocycles. The number of carbonyl (C=O) groups is 1. The Hall–Kier alpha value is -1.02. The van der Waals surface area contributed by atoms with E-state index in [-0.39, 0.29) is 5.91 Å². The maximum absolute atomic E-state index is 10.7. The molecule has 0 fully saturated rings. The normalized spacial score (nSPS) is 9.77. The Bertz CT molecular complexity index is 323. The lowest BCUT2D eigenvalue weighted by molar-refractivity contribution is -0.119. The topological polar surface area (TPSA) is 29.1 Å². The van der Waals surface area contributed by atoms with Crippen LogP contribution in [0, 0.1) is 6.92 Å². The maximum atomic E-state index is 10.7. The van der Waals surface area contributed by atoms with Gasteiger partial charge in [-0.05, 0) is 30.2 Å². The fourth-order valence-electron chi connectivity index (χ4n) is 1.05. The Morgan fingerprint density at radius 2 is 2.23 bits per heavy atom. The lowest BCUT2D eigenvalue weighted by atomic mass is 10.1. The molecule has 1 amide bonds. The fourth-order valence-corrected chi connectivity index (χ4v) is 1.24. The van der Waals surface area contributed by atoms with E-state index in [1.807, 2.05) is 25.1 Å². The third-order valence-corrected chi connectivity index (χ3v) is 2.07. The van der Waals surface area contributed by atoms with Crippen LogP contribution in [0.1, 0.15) is 18.1 Å². The predicted molar refractivity (Wildman–Crippen MR) is 53.7 cm³/mol. The second-order valence-corrected chi connectivity index (χ2v) is 3.42. The minimum atomic E-state index is -0.0284. The van der Waals surface area contributed by atoms with E-state index >= 15 is 0 Å². The van der Waals surface area contributed by atoms with Crippen molar-refractivity contribution < 1.29 is 4.79 Å². The van der Waals surface area contributed by atoms with Crippen LogP contribution in [-0.4, -0.2) is 5.91 Å². The van der Waals surface area contributed by atoms with Crippen LogP contribution in [0.25, 0.3) is 0 Å². The van der Waals surface area contributed by atoms with Crippen LogP contribution >= 0.6 is 11.6 Å². The number of halogens is 1. The molecule has 0 aliphatic carbocycles. The number of carbonyl (C=O) groups excluding carboxylic acids is 1. The number of aryl methyl sites for hydroxylation is 1. The van der Waals surface area contributed by atoms with Crippen molar-refractivity contribution in [3.63, 3.8) is 0 Å². The lowest BCUT2D eigenvalue weighted by Crippen LogP contribution is -2.19. The second kappa shape index (κ2) is 4.28. The van der Waals surface area contributed by atoms with Crippen LogP contribution in [0.4, 0.5) is 0 Å². The smallest absolute Gasteiger partial charge is 0.217 e. The zero-order valence-corrected chi connectivity index (χ0v) is 8.48. The molecule has 0 saturated carbocycles. The van der Waals surface area contributed by atoms with Crippen molar-refractivity contribution in [2.75, 3.05) is 0 Å². The van der Waals surface area contributed by atoms with E-state index in [2.05, 4.69) is 5.32 Å². The van der Waals surface area contributed by atoms with Crippen molar-refractivity contribution >= 4 is 17.5 Å². The number of hydrogen-bond donors (Lipinski definition) is 1. The third-order valence-electron chi connectivity index (χ3n) is 1.84. The van der Waals surface area contributed by atoms with Crippen LogP contribution in [0.3, 0.4) is 0 Å². The minimum Gasteiger partial charge on any atom is -0.352 e. The first-order valence-electron chi connectivity index (χ1n) is 4.09. The van der Waals surface area contributed by atoms with Crippen LogP contribution in [0.2, 0.25) is 5.02 Å². The third kappa shape index (κ3) is 3.07. The monoisotopic (exact) mass is 197 g/mol. The van der Waals surface area contributed by atoms with Crippen molar-refractivity contribution in [2.24, 2.45) is 0 Å². The summed E-state index contributed by atoms with van der Waals surface area (Å²) in [6.45, 7) is 4.04. The van der Waals surface area contributed by atoms with Gasteiger partial charge in [-0.2, -0.15) is 0 Å². The average molecular weight is 198 g/mol. The number of hydrogen-bond acceptors (Lipinski definition) is 1. The molecule has 0 spiro atoms. The molecule has 70 valence electrons. The van der Waals surface area contributed by atoms with Gasteiger partial charge in [-0.25, -0.2) is 0 Å². The van der Waals surface area contributed by atoms with Crippen molar-refractivity contribution in [1.82, 2.24) is 5.32 Å². The zero-order chi connectivity index (χ0) is 9.84. The predicted octanol–water partition coefficient (Wildman–Crippen LogP) is 2.28. The van der Waals surface area contributed by atoms with E-state index in [1.54, 1.807) is 0 Å². The summed E-state index contributed by atoms with van der Waals surface area (Å²) in [6.07, 6.45) is 0. The van der Waals surface area contributed by atoms with E-state index in [9.17, 15) is 4.79 Å². The summed E-state index contributed by atoms with van der Waals surface area (Å²) in [6, 6.07) is 5.65. The highest BCUT2D eigenvalue weighted by Gasteiger charge is 1.99. The van der Waals surface area contributed by atoms with E-state index < -0.39 is 0 Å². The molecule has 0 aliphatic heterocycles. The summed E-state index contributed by atoms with van der Waals surface area (Å²) >= 11 is 5.82. The molecule has 2 nitrogen and oxygen atoms in total. The minimum absolute atomic E-state index is 0.0284. The highest BCUT2D eigenvalue weighted by molar-refractivity contribution is 6.30. The van der Waals surface area contributed by atoms with E-state index in [0.29, 0.717) is 11.6 Å². The first-order chi connectivity index (χ1) is 6.09. The van der Waals surface area contributed by atoms with Gasteiger partial charge in [0.2, 0.25) is 5.91 Å². The van der Waals surface area contributed by atoms with Gasteiger partial charge in [-0.15, -0.1) is 0 Å². The van der Waals surface area contributed by atoms with Crippen molar-refractivity contribution in [3.05, 3.63) is 34.3 Å². The molecule has 1 aromatic rings. The Balaban J connectivity index is 2.75. The van der Waals surface area contributed by atoms with Gasteiger partial charge < -0.3 is 5.32 Å². The van der Waals surface area contributed by atoms with Gasteiger partial charge in [0.15, 0.2) is 0 Å². The first-order valence-corrected chi connectivity index (χ1v) is 4.47. The van der Waals surface area contributed by atoms with Gasteiger partial charge in [0.1, 0.15) is 0 Å². The molecule has 3 heteroatoms. The van der Waals surface area contributed by atoms with Crippen LogP contribution in [0.15, 0.2) is 18.2 Å². The van der Waals surface area contributed by atoms with Gasteiger partial charge in [0, 0.05) is 18.5 Å². The Kier molecular flexibility index (Phi) is 3.32. The van der Waals surface area contributed by atoms with Crippen LogP contribution in [0.5, 0.6) is 0 Å². The lowest BCUT2D eigenvalue weighted by Gasteiger charge is -2.06. The highest BCUT2D eigenvalue weighted by atomic mass is 35.5. The Labute approximate surface area is 82.9 Å². The molecular weight excluding hydrogens is 186 g/mol. The quantitative estimate of drug-likeness (QED) is 0.775. The maximum Gasteiger partial charge on any atom is 0.217 e. The Morgan fingerprint density at radius 1 is 1.54 bits per heavy atom. The fraction of sp³-hybridized carbons (Fsp3) is 0.300. The van der Waals surface area contributed by atoms with E-state index in [1.165, 1.54) is 6.92 Å². The molecule has 0 saturated heterocycles. The largest absolute Gasteiger partial charge is 0.352 e. The van der Waals surface area contributed by atoms with Gasteiger partial charge in [0.25, 0.3) is 0 Å². The number of rotatable bonds is 2. The molecule has 1 aromatic carbocycles. The first kappa shape index (κ1) is 10.1. The molecule has 0 heterocycles. The summed E-state index contributed by atoms with van der Waals surface area (Å²) in [5.41, 5.74) is 2.20. The van der Waals surface area contributed by atoms with Crippen LogP contribution < -0.4 is 5.32 Å². The molecule has 1 N–H and O–H groups in total. The van der Waals surface area contributed by atoms with Gasteiger partial charge in [-0.1, -0.05) is 17.7 Å².